The maximum atomic E-state index is 10.8. The van der Waals surface area contributed by atoms with Gasteiger partial charge in [-0.2, -0.15) is 0 Å². The van der Waals surface area contributed by atoms with E-state index in [1.54, 1.807) is 0 Å². The predicted molar refractivity (Wildman–Crippen MR) is 55.9 cm³/mol. The number of aliphatic hydroxyl groups excluding tert-OH is 3. The van der Waals surface area contributed by atoms with E-state index >= 15 is 0 Å². The van der Waals surface area contributed by atoms with E-state index in [1.807, 2.05) is 13.8 Å². The van der Waals surface area contributed by atoms with Crippen LogP contribution in [-0.4, -0.2) is 58.3 Å². The number of hydrogen-bond acceptors (Lipinski definition) is 7. The first-order valence-corrected chi connectivity index (χ1v) is 5.31. The Balaban J connectivity index is 0.00000121. The summed E-state index contributed by atoms with van der Waals surface area (Å²) in [5, 5.41) is 27.7. The van der Waals surface area contributed by atoms with Crippen LogP contribution < -0.4 is 0 Å². The molecule has 0 spiro atoms. The topological polar surface area (TPSA) is 113 Å². The van der Waals surface area contributed by atoms with E-state index in [4.69, 9.17) is 5.11 Å². The highest BCUT2D eigenvalue weighted by atomic mass is 16.6. The molecule has 7 heteroatoms. The molecule has 17 heavy (non-hydrogen) atoms. The highest BCUT2D eigenvalue weighted by Crippen LogP contribution is 2.19. The summed E-state index contributed by atoms with van der Waals surface area (Å²) >= 11 is 0. The van der Waals surface area contributed by atoms with Gasteiger partial charge in [-0.1, -0.05) is 13.8 Å². The monoisotopic (exact) mass is 250 g/mol. The zero-order valence-electron chi connectivity index (χ0n) is 9.99. The molecule has 0 saturated carbocycles. The number of aliphatic hydroxyl groups is 3. The summed E-state index contributed by atoms with van der Waals surface area (Å²) in [7, 11) is 0. The number of rotatable bonds is 3. The van der Waals surface area contributed by atoms with Crippen LogP contribution in [0.25, 0.3) is 0 Å². The van der Waals surface area contributed by atoms with Gasteiger partial charge in [0.1, 0.15) is 18.8 Å². The summed E-state index contributed by atoms with van der Waals surface area (Å²) in [5.74, 6) is -1.61. The largest absolute Gasteiger partial charge is 0.463 e. The lowest BCUT2D eigenvalue weighted by Gasteiger charge is -2.19. The van der Waals surface area contributed by atoms with Gasteiger partial charge in [0.25, 0.3) is 0 Å². The Labute approximate surface area is 99.0 Å². The van der Waals surface area contributed by atoms with Crippen molar-refractivity contribution in [1.82, 2.24) is 0 Å². The van der Waals surface area contributed by atoms with Crippen LogP contribution in [0.4, 0.5) is 0 Å². The third kappa shape index (κ3) is 4.29. The van der Waals surface area contributed by atoms with Crippen molar-refractivity contribution < 1.29 is 34.4 Å². The van der Waals surface area contributed by atoms with E-state index in [0.29, 0.717) is 0 Å². The summed E-state index contributed by atoms with van der Waals surface area (Å²) in [5.41, 5.74) is 0. The molecule has 0 aromatic rings. The molecule has 0 amide bonds. The number of cyclic esters (lactones) is 1. The molecule has 0 aliphatic carbocycles. The van der Waals surface area contributed by atoms with Crippen LogP contribution >= 0.6 is 0 Å². The van der Waals surface area contributed by atoms with Gasteiger partial charge in [0, 0.05) is 6.92 Å². The molecular weight excluding hydrogens is 232 g/mol. The Morgan fingerprint density at radius 2 is 2.00 bits per heavy atom. The smallest absolute Gasteiger partial charge is 0.338 e. The molecule has 0 radical (unpaired) electrons. The van der Waals surface area contributed by atoms with Crippen molar-refractivity contribution in [1.29, 1.82) is 0 Å². The second-order valence-electron chi connectivity index (χ2n) is 3.21. The summed E-state index contributed by atoms with van der Waals surface area (Å²) in [6.07, 6.45) is -5.80. The van der Waals surface area contributed by atoms with Crippen molar-refractivity contribution >= 4 is 11.9 Å². The van der Waals surface area contributed by atoms with Crippen molar-refractivity contribution in [3.8, 4) is 0 Å². The summed E-state index contributed by atoms with van der Waals surface area (Å²) < 4.78 is 8.96. The molecular formula is C10H18O7. The number of esters is 2. The fourth-order valence-corrected chi connectivity index (χ4v) is 1.20. The first kappa shape index (κ1) is 15.8. The molecule has 3 N–H and O–H groups in total. The molecule has 1 rings (SSSR count). The molecule has 0 bridgehead atoms. The Kier molecular flexibility index (Phi) is 6.71. The molecule has 4 unspecified atom stereocenters. The molecule has 1 saturated heterocycles. The number of carbonyl (C=O) groups excluding carboxylic acids is 2. The Morgan fingerprint density at radius 1 is 1.47 bits per heavy atom. The normalized spacial score (nSPS) is 28.8. The molecule has 0 aromatic carbocycles. The average molecular weight is 250 g/mol. The van der Waals surface area contributed by atoms with Crippen LogP contribution in [0.3, 0.4) is 0 Å². The van der Waals surface area contributed by atoms with Crippen molar-refractivity contribution in [3.05, 3.63) is 0 Å². The van der Waals surface area contributed by atoms with Gasteiger partial charge < -0.3 is 24.8 Å². The quantitative estimate of drug-likeness (QED) is 0.527. The molecule has 100 valence electrons. The van der Waals surface area contributed by atoms with Gasteiger partial charge in [-0.15, -0.1) is 0 Å². The van der Waals surface area contributed by atoms with E-state index in [-0.39, 0.29) is 0 Å². The average Bonchev–Trinajstić information content (AvgIpc) is 2.56. The fourth-order valence-electron chi connectivity index (χ4n) is 1.20. The standard InChI is InChI=1S/C8H12O7.C2H6/c1-3(9)14-2-4(10)7-5(11)6(12)8(13)15-7;1-2/h4-7,10-12H,2H2,1H3;1-2H3. The van der Waals surface area contributed by atoms with Crippen molar-refractivity contribution in [2.24, 2.45) is 0 Å². The summed E-state index contributed by atoms with van der Waals surface area (Å²) in [4.78, 5) is 21.2. The molecule has 4 atom stereocenters. The minimum atomic E-state index is -1.66. The fraction of sp³-hybridized carbons (Fsp3) is 0.800. The first-order valence-electron chi connectivity index (χ1n) is 5.31. The van der Waals surface area contributed by atoms with E-state index in [1.165, 1.54) is 0 Å². The van der Waals surface area contributed by atoms with Gasteiger partial charge in [-0.05, 0) is 0 Å². The molecule has 7 nitrogen and oxygen atoms in total. The highest BCUT2D eigenvalue weighted by molar-refractivity contribution is 5.77. The van der Waals surface area contributed by atoms with Gasteiger partial charge in [0.05, 0.1) is 0 Å². The van der Waals surface area contributed by atoms with E-state index in [0.717, 1.165) is 6.92 Å². The zero-order valence-corrected chi connectivity index (χ0v) is 9.99. The Bertz CT molecular complexity index is 265. The first-order chi connectivity index (χ1) is 7.93. The Hall–Kier alpha value is -1.18. The lowest BCUT2D eigenvalue weighted by atomic mass is 10.1. The van der Waals surface area contributed by atoms with Gasteiger partial charge in [0.2, 0.25) is 0 Å². The maximum absolute atomic E-state index is 10.8. The molecule has 1 fully saturated rings. The third-order valence-corrected chi connectivity index (χ3v) is 1.99. The molecule has 1 heterocycles. The number of hydrogen-bond donors (Lipinski definition) is 3. The highest BCUT2D eigenvalue weighted by Gasteiger charge is 2.46. The number of carbonyl (C=O) groups is 2. The van der Waals surface area contributed by atoms with Crippen molar-refractivity contribution in [3.63, 3.8) is 0 Å². The summed E-state index contributed by atoms with van der Waals surface area (Å²) in [6, 6.07) is 0. The lowest BCUT2D eigenvalue weighted by molar-refractivity contribution is -0.155. The zero-order chi connectivity index (χ0) is 13.6. The van der Waals surface area contributed by atoms with Gasteiger partial charge in [-0.3, -0.25) is 4.79 Å². The lowest BCUT2D eigenvalue weighted by Crippen LogP contribution is -2.41. The third-order valence-electron chi connectivity index (χ3n) is 1.99. The predicted octanol–water partition coefficient (Wildman–Crippen LogP) is -1.42. The Morgan fingerprint density at radius 3 is 2.35 bits per heavy atom. The van der Waals surface area contributed by atoms with Crippen LogP contribution in [0.5, 0.6) is 0 Å². The second kappa shape index (κ2) is 7.21. The van der Waals surface area contributed by atoms with E-state index < -0.39 is 43.0 Å². The van der Waals surface area contributed by atoms with Crippen LogP contribution in [0, 0.1) is 0 Å². The van der Waals surface area contributed by atoms with Gasteiger partial charge in [0.15, 0.2) is 12.2 Å². The van der Waals surface area contributed by atoms with E-state index in [9.17, 15) is 19.8 Å². The van der Waals surface area contributed by atoms with Crippen LogP contribution in [0.1, 0.15) is 20.8 Å². The van der Waals surface area contributed by atoms with Gasteiger partial charge >= 0.3 is 11.9 Å². The van der Waals surface area contributed by atoms with Crippen molar-refractivity contribution in [2.75, 3.05) is 6.61 Å². The SMILES string of the molecule is CC.CC(=O)OCC(O)C1OC(=O)C(O)C1O. The van der Waals surface area contributed by atoms with Crippen LogP contribution in [0.15, 0.2) is 0 Å². The number of ether oxygens (including phenoxy) is 2. The molecule has 0 aromatic heterocycles. The second-order valence-corrected chi connectivity index (χ2v) is 3.21. The summed E-state index contributed by atoms with van der Waals surface area (Å²) in [6.45, 7) is 4.75. The van der Waals surface area contributed by atoms with Crippen LogP contribution in [0.2, 0.25) is 0 Å². The molecule has 1 aliphatic heterocycles. The minimum Gasteiger partial charge on any atom is -0.463 e. The molecule has 1 aliphatic rings. The minimum absolute atomic E-state index is 0.406. The van der Waals surface area contributed by atoms with Gasteiger partial charge in [-0.25, -0.2) is 4.79 Å². The van der Waals surface area contributed by atoms with Crippen molar-refractivity contribution in [2.45, 2.75) is 45.2 Å². The maximum Gasteiger partial charge on any atom is 0.338 e. The van der Waals surface area contributed by atoms with Crippen LogP contribution in [-0.2, 0) is 19.1 Å². The van der Waals surface area contributed by atoms with E-state index in [2.05, 4.69) is 9.47 Å².